The zero-order valence-electron chi connectivity index (χ0n) is 34.4. The molecule has 0 saturated carbocycles. The first-order chi connectivity index (χ1) is 29.9. The Morgan fingerprint density at radius 2 is 0.803 bits per heavy atom. The third-order valence-electron chi connectivity index (χ3n) is 11.2. The zero-order chi connectivity index (χ0) is 42.0. The Bertz CT molecular complexity index is 3150. The molecule has 0 atom stereocenters. The van der Waals surface area contributed by atoms with Crippen molar-refractivity contribution in [3.63, 3.8) is 0 Å². The molecule has 2 heterocycles. The minimum Gasteiger partial charge on any atom is -0.294 e. The first-order valence-corrected chi connectivity index (χ1v) is 20.5. The van der Waals surface area contributed by atoms with Crippen molar-refractivity contribution in [2.45, 2.75) is 20.8 Å². The van der Waals surface area contributed by atoms with Gasteiger partial charge in [0.05, 0.1) is 34.3 Å². The molecule has 0 unspecified atom stereocenters. The van der Waals surface area contributed by atoms with Gasteiger partial charge in [-0.3, -0.25) is 9.13 Å². The van der Waals surface area contributed by atoms with Gasteiger partial charge >= 0.3 is 0 Å². The van der Waals surface area contributed by atoms with Gasteiger partial charge in [-0.25, -0.2) is 0 Å². The van der Waals surface area contributed by atoms with Crippen LogP contribution in [0.5, 0.6) is 0 Å². The van der Waals surface area contributed by atoms with Crippen molar-refractivity contribution < 1.29 is 0 Å². The molecule has 4 nitrogen and oxygen atoms in total. The molecule has 61 heavy (non-hydrogen) atoms. The van der Waals surface area contributed by atoms with Gasteiger partial charge in [0.1, 0.15) is 5.65 Å². The summed E-state index contributed by atoms with van der Waals surface area (Å²) in [5.41, 5.74) is 17.4. The lowest BCUT2D eigenvalue weighted by molar-refractivity contribution is 1.07. The summed E-state index contributed by atoms with van der Waals surface area (Å²) in [5, 5.41) is 23.3. The van der Waals surface area contributed by atoms with Crippen LogP contribution < -0.4 is 0 Å². The van der Waals surface area contributed by atoms with Crippen LogP contribution >= 0.6 is 0 Å². The predicted molar refractivity (Wildman–Crippen MR) is 254 cm³/mol. The summed E-state index contributed by atoms with van der Waals surface area (Å²) >= 11 is 0. The lowest BCUT2D eigenvalue weighted by Gasteiger charge is -2.18. The van der Waals surface area contributed by atoms with E-state index in [9.17, 15) is 10.5 Å². The number of para-hydroxylation sites is 4. The first kappa shape index (κ1) is 38.3. The van der Waals surface area contributed by atoms with E-state index in [1.807, 2.05) is 45.0 Å². The van der Waals surface area contributed by atoms with Crippen LogP contribution in [0.15, 0.2) is 195 Å². The molecule has 2 aromatic heterocycles. The van der Waals surface area contributed by atoms with Crippen LogP contribution in [0.25, 0.3) is 88.7 Å². The maximum Gasteiger partial charge on any atom is 0.131 e. The standard InChI is InChI=1S/C54H36N4.C3H6/c1-35-27-37(33-55)31-39(29-35)43-19-9-11-21-45(43)47-23-13-25-49-51-50-26-14-24-48(46-22-12-10-20-44(46)40-30-36(2)28-38(32-40)34-56)53(50)58(42-17-7-4-8-18-42)54(51)57(52(47)49)41-15-5-3-6-16-41;1-3-2/h3-32H,1-2H3;3H,1H2,2H3. The van der Waals surface area contributed by atoms with Crippen LogP contribution in [-0.4, -0.2) is 9.13 Å². The van der Waals surface area contributed by atoms with Crippen LogP contribution in [0.4, 0.5) is 0 Å². The van der Waals surface area contributed by atoms with Crippen molar-refractivity contribution in [2.24, 2.45) is 0 Å². The highest BCUT2D eigenvalue weighted by atomic mass is 15.1. The van der Waals surface area contributed by atoms with Crippen LogP contribution in [0.3, 0.4) is 0 Å². The molecule has 0 radical (unpaired) electrons. The van der Waals surface area contributed by atoms with Gasteiger partial charge in [0.15, 0.2) is 0 Å². The van der Waals surface area contributed by atoms with Crippen molar-refractivity contribution in [3.05, 3.63) is 217 Å². The third-order valence-corrected chi connectivity index (χ3v) is 11.2. The summed E-state index contributed by atoms with van der Waals surface area (Å²) in [7, 11) is 0. The Balaban J connectivity index is 0.00000154. The molecule has 10 rings (SSSR count). The fraction of sp³-hybridized carbons (Fsp3) is 0.0526. The Morgan fingerprint density at radius 1 is 0.443 bits per heavy atom. The number of nitrogens with zero attached hydrogens (tertiary/aromatic N) is 4. The van der Waals surface area contributed by atoms with Crippen LogP contribution in [-0.2, 0) is 0 Å². The SMILES string of the molecule is C=CC.Cc1cc(C#N)cc(-c2ccccc2-c2cccc3c4c5cccc(-c6ccccc6-c6cc(C)cc(C#N)c6)c5n(-c5ccccc5)c4n(-c4ccccc4)c23)c1. The molecular weight excluding hydrogens is 741 g/mol. The summed E-state index contributed by atoms with van der Waals surface area (Å²) in [4.78, 5) is 0. The molecule has 0 fully saturated rings. The molecule has 0 aliphatic carbocycles. The maximum absolute atomic E-state index is 9.92. The molecule has 290 valence electrons. The Kier molecular flexibility index (Phi) is 10.2. The van der Waals surface area contributed by atoms with Gasteiger partial charge in [-0.2, -0.15) is 10.5 Å². The van der Waals surface area contributed by atoms with Gasteiger partial charge in [0.25, 0.3) is 0 Å². The molecule has 0 aliphatic heterocycles. The van der Waals surface area contributed by atoms with Gasteiger partial charge in [0.2, 0.25) is 0 Å². The first-order valence-electron chi connectivity index (χ1n) is 20.5. The molecule has 4 heteroatoms. The van der Waals surface area contributed by atoms with E-state index in [-0.39, 0.29) is 0 Å². The fourth-order valence-corrected chi connectivity index (χ4v) is 8.93. The number of aromatic nitrogens is 2. The van der Waals surface area contributed by atoms with Crippen LogP contribution in [0.1, 0.15) is 29.2 Å². The Morgan fingerprint density at radius 3 is 1.20 bits per heavy atom. The molecule has 0 saturated heterocycles. The van der Waals surface area contributed by atoms with Gasteiger partial charge in [-0.05, 0) is 114 Å². The summed E-state index contributed by atoms with van der Waals surface area (Å²) in [6, 6.07) is 68.7. The van der Waals surface area contributed by atoms with E-state index in [4.69, 9.17) is 0 Å². The maximum atomic E-state index is 9.92. The Hall–Kier alpha value is -8.18. The highest BCUT2D eigenvalue weighted by Gasteiger charge is 2.27. The van der Waals surface area contributed by atoms with Crippen LogP contribution in [0, 0.1) is 36.5 Å². The normalized spacial score (nSPS) is 10.9. The lowest BCUT2D eigenvalue weighted by atomic mass is 9.91. The summed E-state index contributed by atoms with van der Waals surface area (Å²) in [5.74, 6) is 0. The second kappa shape index (κ2) is 16.2. The van der Waals surface area contributed by atoms with Crippen molar-refractivity contribution in [2.75, 3.05) is 0 Å². The molecule has 0 aliphatic rings. The number of hydrogen-bond donors (Lipinski definition) is 0. The largest absolute Gasteiger partial charge is 0.294 e. The van der Waals surface area contributed by atoms with Gasteiger partial charge in [-0.1, -0.05) is 140 Å². The van der Waals surface area contributed by atoms with E-state index in [0.29, 0.717) is 11.1 Å². The highest BCUT2D eigenvalue weighted by Crippen LogP contribution is 2.48. The molecule has 8 aromatic carbocycles. The number of allylic oxidation sites excluding steroid dienone is 1. The van der Waals surface area contributed by atoms with Crippen molar-refractivity contribution in [1.82, 2.24) is 9.13 Å². The number of fused-ring (bicyclic) bond motifs is 5. The minimum absolute atomic E-state index is 0.648. The molecule has 0 amide bonds. The average molecular weight is 783 g/mol. The molecule has 10 aromatic rings. The smallest absolute Gasteiger partial charge is 0.131 e. The van der Waals surface area contributed by atoms with E-state index < -0.39 is 0 Å². The van der Waals surface area contributed by atoms with E-state index in [1.165, 1.54) is 5.39 Å². The van der Waals surface area contributed by atoms with Crippen LogP contribution in [0.2, 0.25) is 0 Å². The second-order valence-electron chi connectivity index (χ2n) is 15.3. The number of benzene rings is 8. The van der Waals surface area contributed by atoms with Gasteiger partial charge < -0.3 is 0 Å². The summed E-state index contributed by atoms with van der Waals surface area (Å²) < 4.78 is 4.88. The number of aryl methyl sites for hydroxylation is 2. The predicted octanol–water partition coefficient (Wildman–Crippen LogP) is 14.9. The highest BCUT2D eigenvalue weighted by molar-refractivity contribution is 6.26. The molecule has 0 bridgehead atoms. The third kappa shape index (κ3) is 6.77. The molecular formula is C57H42N4. The minimum atomic E-state index is 0.648. The van der Waals surface area contributed by atoms with Gasteiger partial charge in [0, 0.05) is 38.7 Å². The quantitative estimate of drug-likeness (QED) is 0.158. The van der Waals surface area contributed by atoms with Crippen molar-refractivity contribution in [3.8, 4) is 68.0 Å². The molecule has 0 spiro atoms. The lowest BCUT2D eigenvalue weighted by Crippen LogP contribution is -2.03. The number of hydrogen-bond acceptors (Lipinski definition) is 2. The second-order valence-corrected chi connectivity index (χ2v) is 15.3. The molecule has 0 N–H and O–H groups in total. The van der Waals surface area contributed by atoms with Crippen molar-refractivity contribution in [1.29, 1.82) is 10.5 Å². The van der Waals surface area contributed by atoms with E-state index in [1.54, 1.807) is 6.08 Å². The average Bonchev–Trinajstić information content (AvgIpc) is 3.82. The monoisotopic (exact) mass is 782 g/mol. The Labute approximate surface area is 356 Å². The summed E-state index contributed by atoms with van der Waals surface area (Å²) in [6.07, 6.45) is 1.75. The van der Waals surface area contributed by atoms with E-state index in [0.717, 1.165) is 94.5 Å². The van der Waals surface area contributed by atoms with Gasteiger partial charge in [-0.15, -0.1) is 6.58 Å². The summed E-state index contributed by atoms with van der Waals surface area (Å²) in [6.45, 7) is 9.34. The zero-order valence-corrected chi connectivity index (χ0v) is 34.4. The van der Waals surface area contributed by atoms with E-state index in [2.05, 4.69) is 186 Å². The number of rotatable bonds is 6. The van der Waals surface area contributed by atoms with E-state index >= 15 is 0 Å². The topological polar surface area (TPSA) is 57.4 Å². The van der Waals surface area contributed by atoms with Crippen molar-refractivity contribution >= 4 is 32.8 Å². The number of nitriles is 2. The fourth-order valence-electron chi connectivity index (χ4n) is 8.93.